The minimum atomic E-state index is 0.807. The standard InChI is InChI=1S/C22H22N2/c1-4-10-20(11-5-1)16-17-23-24(18-21-12-6-2-7-13-21)19-22-14-8-3-9-15-22/h1-15,17H,16,18-19H2. The van der Waals surface area contributed by atoms with Gasteiger partial charge in [-0.15, -0.1) is 0 Å². The summed E-state index contributed by atoms with van der Waals surface area (Å²) in [6, 6.07) is 31.4. The van der Waals surface area contributed by atoms with E-state index in [4.69, 9.17) is 5.10 Å². The van der Waals surface area contributed by atoms with Crippen molar-refractivity contribution >= 4 is 6.21 Å². The zero-order valence-corrected chi connectivity index (χ0v) is 13.8. The van der Waals surface area contributed by atoms with Gasteiger partial charge < -0.3 is 0 Å². The molecule has 0 fully saturated rings. The van der Waals surface area contributed by atoms with Crippen molar-refractivity contribution in [1.82, 2.24) is 5.01 Å². The normalized spacial score (nSPS) is 10.8. The van der Waals surface area contributed by atoms with E-state index in [2.05, 4.69) is 77.8 Å². The second-order valence-corrected chi connectivity index (χ2v) is 5.78. The van der Waals surface area contributed by atoms with Gasteiger partial charge in [-0.3, -0.25) is 5.01 Å². The Bertz CT molecular complexity index is 695. The monoisotopic (exact) mass is 314 g/mol. The van der Waals surface area contributed by atoms with Crippen molar-refractivity contribution in [2.45, 2.75) is 19.5 Å². The predicted molar refractivity (Wildman–Crippen MR) is 101 cm³/mol. The summed E-state index contributed by atoms with van der Waals surface area (Å²) in [4.78, 5) is 0. The molecule has 0 aromatic heterocycles. The van der Waals surface area contributed by atoms with Crippen LogP contribution in [-0.4, -0.2) is 11.2 Å². The van der Waals surface area contributed by atoms with E-state index in [0.717, 1.165) is 19.5 Å². The van der Waals surface area contributed by atoms with Crippen molar-refractivity contribution in [3.05, 3.63) is 108 Å². The highest BCUT2D eigenvalue weighted by Crippen LogP contribution is 2.10. The van der Waals surface area contributed by atoms with Crippen LogP contribution in [0.25, 0.3) is 0 Å². The van der Waals surface area contributed by atoms with Gasteiger partial charge in [-0.05, 0) is 16.7 Å². The lowest BCUT2D eigenvalue weighted by Crippen LogP contribution is -2.17. The molecule has 0 amide bonds. The van der Waals surface area contributed by atoms with Gasteiger partial charge in [-0.25, -0.2) is 0 Å². The van der Waals surface area contributed by atoms with Gasteiger partial charge in [0.15, 0.2) is 0 Å². The summed E-state index contributed by atoms with van der Waals surface area (Å²) in [7, 11) is 0. The van der Waals surface area contributed by atoms with E-state index < -0.39 is 0 Å². The zero-order valence-electron chi connectivity index (χ0n) is 13.8. The maximum atomic E-state index is 4.72. The first kappa shape index (κ1) is 16.0. The Morgan fingerprint density at radius 3 is 1.46 bits per heavy atom. The molecule has 0 atom stereocenters. The van der Waals surface area contributed by atoms with Crippen LogP contribution in [0.3, 0.4) is 0 Å². The quantitative estimate of drug-likeness (QED) is 0.446. The van der Waals surface area contributed by atoms with Crippen LogP contribution in [0.1, 0.15) is 16.7 Å². The van der Waals surface area contributed by atoms with Crippen LogP contribution >= 0.6 is 0 Å². The van der Waals surface area contributed by atoms with Gasteiger partial charge in [-0.1, -0.05) is 91.0 Å². The van der Waals surface area contributed by atoms with Crippen LogP contribution in [0.4, 0.5) is 0 Å². The summed E-state index contributed by atoms with van der Waals surface area (Å²) in [6.45, 7) is 1.61. The smallest absolute Gasteiger partial charge is 0.0614 e. The van der Waals surface area contributed by atoms with E-state index >= 15 is 0 Å². The van der Waals surface area contributed by atoms with E-state index in [1.165, 1.54) is 16.7 Å². The molecule has 0 unspecified atom stereocenters. The SMILES string of the molecule is C(Cc1ccccc1)=NN(Cc1ccccc1)Cc1ccccc1. The Morgan fingerprint density at radius 1 is 0.583 bits per heavy atom. The van der Waals surface area contributed by atoms with Crippen molar-refractivity contribution < 1.29 is 0 Å². The largest absolute Gasteiger partial charge is 0.289 e. The molecule has 0 spiro atoms. The van der Waals surface area contributed by atoms with Crippen LogP contribution in [0.2, 0.25) is 0 Å². The first-order chi connectivity index (χ1) is 11.9. The summed E-state index contributed by atoms with van der Waals surface area (Å²) in [6.07, 6.45) is 2.85. The van der Waals surface area contributed by atoms with Crippen LogP contribution < -0.4 is 0 Å². The third kappa shape index (κ3) is 5.10. The molecule has 0 aliphatic heterocycles. The fourth-order valence-electron chi connectivity index (χ4n) is 2.60. The summed E-state index contributed by atoms with van der Waals surface area (Å²) in [5.74, 6) is 0. The summed E-state index contributed by atoms with van der Waals surface area (Å²) < 4.78 is 0. The maximum Gasteiger partial charge on any atom is 0.0614 e. The van der Waals surface area contributed by atoms with E-state index in [9.17, 15) is 0 Å². The number of hydrogen-bond donors (Lipinski definition) is 0. The Hall–Kier alpha value is -2.87. The molecule has 24 heavy (non-hydrogen) atoms. The summed E-state index contributed by atoms with van der Waals surface area (Å²) in [5.41, 5.74) is 3.82. The van der Waals surface area contributed by atoms with Gasteiger partial charge in [0.25, 0.3) is 0 Å². The molecular weight excluding hydrogens is 292 g/mol. The Morgan fingerprint density at radius 2 is 1.00 bits per heavy atom. The van der Waals surface area contributed by atoms with Crippen molar-refractivity contribution in [2.24, 2.45) is 5.10 Å². The molecule has 2 heteroatoms. The fourth-order valence-corrected chi connectivity index (χ4v) is 2.60. The first-order valence-corrected chi connectivity index (χ1v) is 8.29. The molecule has 0 N–H and O–H groups in total. The number of hydrazone groups is 1. The number of rotatable bonds is 7. The lowest BCUT2D eigenvalue weighted by atomic mass is 10.2. The minimum Gasteiger partial charge on any atom is -0.289 e. The average molecular weight is 314 g/mol. The first-order valence-electron chi connectivity index (χ1n) is 8.29. The molecule has 0 aliphatic rings. The lowest BCUT2D eigenvalue weighted by Gasteiger charge is -2.19. The predicted octanol–water partition coefficient (Wildman–Crippen LogP) is 4.92. The van der Waals surface area contributed by atoms with Crippen molar-refractivity contribution in [3.8, 4) is 0 Å². The molecule has 2 nitrogen and oxygen atoms in total. The van der Waals surface area contributed by atoms with E-state index in [1.807, 2.05) is 24.4 Å². The molecular formula is C22H22N2. The summed E-state index contributed by atoms with van der Waals surface area (Å²) >= 11 is 0. The molecule has 0 saturated heterocycles. The molecule has 3 aromatic rings. The second-order valence-electron chi connectivity index (χ2n) is 5.78. The fraction of sp³-hybridized carbons (Fsp3) is 0.136. The Kier molecular flexibility index (Phi) is 5.79. The molecule has 3 aromatic carbocycles. The highest BCUT2D eigenvalue weighted by Gasteiger charge is 2.03. The molecule has 0 aliphatic carbocycles. The van der Waals surface area contributed by atoms with Gasteiger partial charge in [0.05, 0.1) is 13.1 Å². The zero-order chi connectivity index (χ0) is 16.5. The van der Waals surface area contributed by atoms with E-state index in [-0.39, 0.29) is 0 Å². The molecule has 0 heterocycles. The number of hydrogen-bond acceptors (Lipinski definition) is 2. The van der Waals surface area contributed by atoms with Gasteiger partial charge in [0.2, 0.25) is 0 Å². The van der Waals surface area contributed by atoms with Crippen LogP contribution in [-0.2, 0) is 19.5 Å². The molecule has 3 rings (SSSR count). The van der Waals surface area contributed by atoms with Crippen molar-refractivity contribution in [3.63, 3.8) is 0 Å². The number of benzene rings is 3. The average Bonchev–Trinajstić information content (AvgIpc) is 2.64. The topological polar surface area (TPSA) is 15.6 Å². The third-order valence-corrected chi connectivity index (χ3v) is 3.83. The minimum absolute atomic E-state index is 0.807. The van der Waals surface area contributed by atoms with E-state index in [0.29, 0.717) is 0 Å². The molecule has 120 valence electrons. The van der Waals surface area contributed by atoms with Crippen LogP contribution in [0.5, 0.6) is 0 Å². The molecule has 0 radical (unpaired) electrons. The highest BCUT2D eigenvalue weighted by molar-refractivity contribution is 5.61. The number of nitrogens with zero attached hydrogens (tertiary/aromatic N) is 2. The maximum absolute atomic E-state index is 4.72. The molecule has 0 bridgehead atoms. The third-order valence-electron chi connectivity index (χ3n) is 3.83. The van der Waals surface area contributed by atoms with Gasteiger partial charge in [-0.2, -0.15) is 5.10 Å². The Labute approximate surface area is 144 Å². The van der Waals surface area contributed by atoms with E-state index in [1.54, 1.807) is 0 Å². The van der Waals surface area contributed by atoms with Crippen molar-refractivity contribution in [1.29, 1.82) is 0 Å². The Balaban J connectivity index is 1.69. The second kappa shape index (κ2) is 8.68. The van der Waals surface area contributed by atoms with Crippen LogP contribution in [0, 0.1) is 0 Å². The highest BCUT2D eigenvalue weighted by atomic mass is 15.4. The summed E-state index contributed by atoms with van der Waals surface area (Å²) in [5, 5.41) is 6.84. The van der Waals surface area contributed by atoms with Gasteiger partial charge in [0, 0.05) is 12.6 Å². The van der Waals surface area contributed by atoms with Gasteiger partial charge in [0.1, 0.15) is 0 Å². The van der Waals surface area contributed by atoms with Crippen molar-refractivity contribution in [2.75, 3.05) is 0 Å². The van der Waals surface area contributed by atoms with Crippen LogP contribution in [0.15, 0.2) is 96.1 Å². The lowest BCUT2D eigenvalue weighted by molar-refractivity contribution is 0.272. The molecule has 0 saturated carbocycles. The van der Waals surface area contributed by atoms with Gasteiger partial charge >= 0.3 is 0 Å².